The molecule has 0 N–H and O–H groups in total. The highest BCUT2D eigenvalue weighted by Crippen LogP contribution is 2.45. The van der Waals surface area contributed by atoms with Gasteiger partial charge in [-0.2, -0.15) is 0 Å². The second-order valence-electron chi connectivity index (χ2n) is 15.9. The minimum atomic E-state index is 0.572. The highest BCUT2D eigenvalue weighted by Gasteiger charge is 2.21. The van der Waals surface area contributed by atoms with Gasteiger partial charge in [0.25, 0.3) is 0 Å². The van der Waals surface area contributed by atoms with Gasteiger partial charge in [-0.05, 0) is 100 Å². The molecule has 0 bridgehead atoms. The van der Waals surface area contributed by atoms with Crippen molar-refractivity contribution in [3.63, 3.8) is 0 Å². The summed E-state index contributed by atoms with van der Waals surface area (Å²) in [6.07, 6.45) is 0. The van der Waals surface area contributed by atoms with Crippen molar-refractivity contribution in [3.05, 3.63) is 200 Å². The Bertz CT molecular complexity index is 3850. The Labute approximate surface area is 350 Å². The molecule has 0 aliphatic rings. The first kappa shape index (κ1) is 33.7. The number of fused-ring (bicyclic) bond motifs is 3. The zero-order valence-corrected chi connectivity index (χ0v) is 32.8. The van der Waals surface area contributed by atoms with Gasteiger partial charge >= 0.3 is 0 Å². The van der Waals surface area contributed by atoms with E-state index in [1.54, 1.807) is 0 Å². The van der Waals surface area contributed by atoms with Crippen LogP contribution in [0.4, 0.5) is 0 Å². The first-order valence-electron chi connectivity index (χ1n) is 20.7. The molecule has 0 fully saturated rings. The topological polar surface area (TPSA) is 51.8 Å². The summed E-state index contributed by atoms with van der Waals surface area (Å²) in [6.45, 7) is 0. The number of furan rings is 1. The van der Waals surface area contributed by atoms with E-state index in [0.29, 0.717) is 17.5 Å². The summed E-state index contributed by atoms with van der Waals surface area (Å²) < 4.78 is 6.47. The van der Waals surface area contributed by atoms with Crippen LogP contribution in [0.25, 0.3) is 132 Å². The molecule has 0 saturated carbocycles. The maximum atomic E-state index is 6.47. The average molecular weight is 776 g/mol. The second kappa shape index (κ2) is 13.2. The van der Waals surface area contributed by atoms with Gasteiger partial charge in [-0.1, -0.05) is 176 Å². The third kappa shape index (κ3) is 5.22. The number of hydrogen-bond acceptors (Lipinski definition) is 4. The number of rotatable bonds is 5. The number of aromatic nitrogens is 3. The smallest absolute Gasteiger partial charge is 0.164 e. The van der Waals surface area contributed by atoms with Crippen molar-refractivity contribution in [2.45, 2.75) is 0 Å². The number of benzene rings is 10. The lowest BCUT2D eigenvalue weighted by atomic mass is 9.87. The fourth-order valence-corrected chi connectivity index (χ4v) is 9.71. The van der Waals surface area contributed by atoms with E-state index in [-0.39, 0.29) is 0 Å². The molecule has 2 aromatic heterocycles. The fourth-order valence-electron chi connectivity index (χ4n) is 9.71. The van der Waals surface area contributed by atoms with Gasteiger partial charge in [0.1, 0.15) is 11.3 Å². The molecule has 0 atom stereocenters. The van der Waals surface area contributed by atoms with Crippen LogP contribution >= 0.6 is 0 Å². The van der Waals surface area contributed by atoms with E-state index in [1.165, 1.54) is 53.9 Å². The summed E-state index contributed by atoms with van der Waals surface area (Å²) in [5, 5.41) is 15.7. The SMILES string of the molecule is c1ccc(-c2ccccc2-c2nc(-c3cc4ccc5cccc6c7cccc8ccc9cccc(c(c3)c4c56)c9c87)nc(-c3ccccc3-c3cc4ccccc4o3)n2)cc1. The van der Waals surface area contributed by atoms with Crippen LogP contribution in [-0.4, -0.2) is 15.0 Å². The minimum Gasteiger partial charge on any atom is -0.456 e. The highest BCUT2D eigenvalue weighted by molar-refractivity contribution is 6.37. The molecule has 0 spiro atoms. The Morgan fingerprint density at radius 3 is 1.39 bits per heavy atom. The van der Waals surface area contributed by atoms with Crippen LogP contribution in [0.15, 0.2) is 205 Å². The summed E-state index contributed by atoms with van der Waals surface area (Å²) in [7, 11) is 0. The Morgan fingerprint density at radius 2 is 0.754 bits per heavy atom. The molecule has 0 aliphatic heterocycles. The predicted molar refractivity (Wildman–Crippen MR) is 253 cm³/mol. The van der Waals surface area contributed by atoms with Gasteiger partial charge in [0.2, 0.25) is 0 Å². The van der Waals surface area contributed by atoms with Gasteiger partial charge in [-0.3, -0.25) is 0 Å². The normalized spacial score (nSPS) is 11.9. The molecule has 13 rings (SSSR count). The quantitative estimate of drug-likeness (QED) is 0.163. The van der Waals surface area contributed by atoms with Crippen molar-refractivity contribution < 1.29 is 4.42 Å². The zero-order chi connectivity index (χ0) is 40.0. The van der Waals surface area contributed by atoms with Crippen molar-refractivity contribution in [3.8, 4) is 56.6 Å². The lowest BCUT2D eigenvalue weighted by Gasteiger charge is -2.17. The van der Waals surface area contributed by atoms with Crippen LogP contribution in [-0.2, 0) is 0 Å². The lowest BCUT2D eigenvalue weighted by molar-refractivity contribution is 0.631. The van der Waals surface area contributed by atoms with E-state index in [4.69, 9.17) is 19.4 Å². The van der Waals surface area contributed by atoms with Crippen molar-refractivity contribution >= 4 is 75.6 Å². The third-order valence-corrected chi connectivity index (χ3v) is 12.4. The van der Waals surface area contributed by atoms with Crippen LogP contribution in [0, 0.1) is 0 Å². The monoisotopic (exact) mass is 775 g/mol. The van der Waals surface area contributed by atoms with E-state index in [1.807, 2.05) is 36.4 Å². The summed E-state index contributed by atoms with van der Waals surface area (Å²) in [5.41, 5.74) is 6.61. The third-order valence-electron chi connectivity index (χ3n) is 12.4. The number of nitrogens with zero attached hydrogens (tertiary/aromatic N) is 3. The van der Waals surface area contributed by atoms with Gasteiger partial charge in [0, 0.05) is 27.6 Å². The molecule has 0 aliphatic carbocycles. The van der Waals surface area contributed by atoms with Crippen molar-refractivity contribution in [2.24, 2.45) is 0 Å². The van der Waals surface area contributed by atoms with E-state index in [2.05, 4.69) is 164 Å². The second-order valence-corrected chi connectivity index (χ2v) is 15.9. The van der Waals surface area contributed by atoms with Crippen LogP contribution in [0.2, 0.25) is 0 Å². The molecule has 4 nitrogen and oxygen atoms in total. The Hall–Kier alpha value is -8.21. The molecule has 0 saturated heterocycles. The number of hydrogen-bond donors (Lipinski definition) is 0. The first-order chi connectivity index (χ1) is 30.2. The zero-order valence-electron chi connectivity index (χ0n) is 32.8. The summed E-state index contributed by atoms with van der Waals surface area (Å²) in [6, 6.07) is 71.0. The molecular weight excluding hydrogens is 743 g/mol. The van der Waals surface area contributed by atoms with Crippen molar-refractivity contribution in [1.82, 2.24) is 15.0 Å². The minimum absolute atomic E-state index is 0.572. The Balaban J connectivity index is 1.14. The van der Waals surface area contributed by atoms with E-state index >= 15 is 0 Å². The summed E-state index contributed by atoms with van der Waals surface area (Å²) >= 11 is 0. The van der Waals surface area contributed by atoms with Gasteiger partial charge in [0.05, 0.1) is 0 Å². The maximum absolute atomic E-state index is 6.47. The number of para-hydroxylation sites is 1. The lowest BCUT2D eigenvalue weighted by Crippen LogP contribution is -2.02. The Kier molecular flexibility index (Phi) is 7.27. The molecular formula is C57H33N3O. The molecule has 0 amide bonds. The standard InChI is InChI=1S/C57H33N3O/c1-2-13-34(14-3-1)41-19-5-7-21-46(41)56-58-55(59-57(60-56)47-22-8-6-20-42(47)50-33-38-15-4-9-26-49(38)61-50)40-31-39-30-29-37-17-11-24-44-43-23-10-16-35-27-28-36-18-12-25-45(53(36)51(35)43)48(32-40)54(39)52(37)44/h1-33H. The largest absolute Gasteiger partial charge is 0.456 e. The molecule has 2 heterocycles. The predicted octanol–water partition coefficient (Wildman–Crippen LogP) is 15.3. The molecule has 4 heteroatoms. The van der Waals surface area contributed by atoms with Crippen LogP contribution in [0.5, 0.6) is 0 Å². The van der Waals surface area contributed by atoms with Gasteiger partial charge in [-0.15, -0.1) is 0 Å². The van der Waals surface area contributed by atoms with Gasteiger partial charge in [-0.25, -0.2) is 15.0 Å². The molecule has 13 aromatic rings. The molecule has 0 radical (unpaired) electrons. The maximum Gasteiger partial charge on any atom is 0.164 e. The van der Waals surface area contributed by atoms with Crippen LogP contribution < -0.4 is 0 Å². The fraction of sp³-hybridized carbons (Fsp3) is 0. The molecule has 11 aromatic carbocycles. The average Bonchev–Trinajstić information content (AvgIpc) is 3.77. The Morgan fingerprint density at radius 1 is 0.279 bits per heavy atom. The molecule has 61 heavy (non-hydrogen) atoms. The molecule has 0 unspecified atom stereocenters. The van der Waals surface area contributed by atoms with E-state index < -0.39 is 0 Å². The van der Waals surface area contributed by atoms with E-state index in [9.17, 15) is 0 Å². The van der Waals surface area contributed by atoms with Crippen molar-refractivity contribution in [1.29, 1.82) is 0 Å². The van der Waals surface area contributed by atoms with E-state index in [0.717, 1.165) is 60.9 Å². The van der Waals surface area contributed by atoms with Gasteiger partial charge in [0.15, 0.2) is 17.5 Å². The van der Waals surface area contributed by atoms with Gasteiger partial charge < -0.3 is 4.42 Å². The first-order valence-corrected chi connectivity index (χ1v) is 20.7. The summed E-state index contributed by atoms with van der Waals surface area (Å²) in [5.74, 6) is 2.53. The molecule has 282 valence electrons. The summed E-state index contributed by atoms with van der Waals surface area (Å²) in [4.78, 5) is 16.1. The van der Waals surface area contributed by atoms with Crippen LogP contribution in [0.1, 0.15) is 0 Å². The van der Waals surface area contributed by atoms with Crippen LogP contribution in [0.3, 0.4) is 0 Å². The van der Waals surface area contributed by atoms with Crippen molar-refractivity contribution in [2.75, 3.05) is 0 Å². The highest BCUT2D eigenvalue weighted by atomic mass is 16.3.